The highest BCUT2D eigenvalue weighted by Gasteiger charge is 2.49. The molecule has 4 aromatic rings. The Hall–Kier alpha value is -4.30. The van der Waals surface area contributed by atoms with Crippen LogP contribution in [0.4, 0.5) is 19.0 Å². The molecule has 0 spiro atoms. The Morgan fingerprint density at radius 3 is 2.90 bits per heavy atom. The highest BCUT2D eigenvalue weighted by molar-refractivity contribution is 6.02. The summed E-state index contributed by atoms with van der Waals surface area (Å²) >= 11 is 0. The lowest BCUT2D eigenvalue weighted by atomic mass is 9.95. The second-order valence-corrected chi connectivity index (χ2v) is 9.99. The van der Waals surface area contributed by atoms with Gasteiger partial charge < -0.3 is 20.1 Å². The number of nitrogens with zero attached hydrogens (tertiary/aromatic N) is 3. The number of phenols is 1. The van der Waals surface area contributed by atoms with Crippen LogP contribution in [0.3, 0.4) is 0 Å². The summed E-state index contributed by atoms with van der Waals surface area (Å²) in [5.74, 6) is 0.415. The lowest BCUT2D eigenvalue weighted by Crippen LogP contribution is -2.43. The molecule has 2 atom stereocenters. The minimum Gasteiger partial charge on any atom is -0.508 e. The maximum Gasteiger partial charge on any atom is 0.319 e. The van der Waals surface area contributed by atoms with Crippen LogP contribution in [0.25, 0.3) is 32.9 Å². The molecule has 4 heterocycles. The molecule has 2 aliphatic heterocycles. The summed E-state index contributed by atoms with van der Waals surface area (Å²) < 4.78 is 50.9. The van der Waals surface area contributed by atoms with E-state index >= 15 is 4.39 Å². The third-order valence-electron chi connectivity index (χ3n) is 7.71. The molecule has 2 saturated heterocycles. The molecule has 3 N–H and O–H groups in total. The number of rotatable bonds is 5. The highest BCUT2D eigenvalue weighted by Crippen LogP contribution is 2.41. The van der Waals surface area contributed by atoms with E-state index in [1.807, 2.05) is 0 Å². The van der Waals surface area contributed by atoms with Gasteiger partial charge in [0.25, 0.3) is 5.56 Å². The molecule has 0 saturated carbocycles. The predicted molar refractivity (Wildman–Crippen MR) is 141 cm³/mol. The van der Waals surface area contributed by atoms with Crippen LogP contribution in [0.5, 0.6) is 11.8 Å². The molecule has 6 rings (SSSR count). The molecule has 8 nitrogen and oxygen atoms in total. The molecular weight excluding hydrogens is 511 g/mol. The van der Waals surface area contributed by atoms with Crippen LogP contribution < -0.4 is 15.6 Å². The summed E-state index contributed by atoms with van der Waals surface area (Å²) in [6, 6.07) is 4.93. The molecule has 39 heavy (non-hydrogen) atoms. The molecule has 0 bridgehead atoms. The third-order valence-corrected chi connectivity index (χ3v) is 7.71. The van der Waals surface area contributed by atoms with E-state index in [1.165, 1.54) is 25.2 Å². The molecule has 200 valence electrons. The normalized spacial score (nSPS) is 20.8. The number of anilines is 1. The Labute approximate surface area is 220 Å². The molecule has 2 aromatic carbocycles. The Balaban J connectivity index is 1.51. The Morgan fingerprint density at radius 2 is 2.13 bits per heavy atom. The number of phenolic OH excluding ortho intramolecular Hbond substituents is 1. The molecule has 0 unspecified atom stereocenters. The summed E-state index contributed by atoms with van der Waals surface area (Å²) in [4.78, 5) is 26.2. The largest absolute Gasteiger partial charge is 0.508 e. The number of aromatic hydroxyl groups is 1. The lowest BCUT2D eigenvalue weighted by molar-refractivity contribution is 0.107. The lowest BCUT2D eigenvalue weighted by Gasteiger charge is -2.30. The molecule has 0 amide bonds. The number of terminal acetylenes is 1. The second kappa shape index (κ2) is 9.17. The summed E-state index contributed by atoms with van der Waals surface area (Å²) in [6.45, 7) is 1.23. The Kier molecular flexibility index (Phi) is 5.88. The smallest absolute Gasteiger partial charge is 0.319 e. The van der Waals surface area contributed by atoms with E-state index in [4.69, 9.17) is 11.2 Å². The van der Waals surface area contributed by atoms with Crippen LogP contribution in [0.1, 0.15) is 24.8 Å². The van der Waals surface area contributed by atoms with Crippen molar-refractivity contribution in [2.24, 2.45) is 0 Å². The highest BCUT2D eigenvalue weighted by atomic mass is 19.1. The first-order chi connectivity index (χ1) is 18.7. The van der Waals surface area contributed by atoms with E-state index in [1.54, 1.807) is 0 Å². The van der Waals surface area contributed by atoms with E-state index < -0.39 is 28.9 Å². The topological polar surface area (TPSA) is 103 Å². The van der Waals surface area contributed by atoms with Gasteiger partial charge in [-0.2, -0.15) is 9.97 Å². The quantitative estimate of drug-likeness (QED) is 0.331. The van der Waals surface area contributed by atoms with Gasteiger partial charge in [0.15, 0.2) is 5.82 Å². The van der Waals surface area contributed by atoms with Gasteiger partial charge in [0.2, 0.25) is 0 Å². The number of aromatic nitrogens is 3. The second-order valence-electron chi connectivity index (χ2n) is 9.99. The van der Waals surface area contributed by atoms with E-state index in [9.17, 15) is 18.7 Å². The molecule has 0 aliphatic carbocycles. The van der Waals surface area contributed by atoms with Gasteiger partial charge in [0.05, 0.1) is 16.8 Å². The van der Waals surface area contributed by atoms with Crippen molar-refractivity contribution in [3.63, 3.8) is 0 Å². The molecule has 2 aliphatic rings. The van der Waals surface area contributed by atoms with Crippen molar-refractivity contribution in [1.29, 1.82) is 0 Å². The molecular formula is C28H24F3N5O3. The average molecular weight is 536 g/mol. The van der Waals surface area contributed by atoms with Gasteiger partial charge in [0, 0.05) is 31.0 Å². The van der Waals surface area contributed by atoms with E-state index in [2.05, 4.69) is 31.1 Å². The van der Waals surface area contributed by atoms with Crippen LogP contribution in [-0.2, 0) is 0 Å². The van der Waals surface area contributed by atoms with Gasteiger partial charge in [-0.25, -0.2) is 13.2 Å². The fraction of sp³-hybridized carbons (Fsp3) is 0.321. The molecule has 2 fully saturated rings. The van der Waals surface area contributed by atoms with Gasteiger partial charge in [-0.05, 0) is 43.0 Å². The van der Waals surface area contributed by atoms with Crippen molar-refractivity contribution in [1.82, 2.24) is 19.9 Å². The van der Waals surface area contributed by atoms with Crippen LogP contribution in [0.2, 0.25) is 0 Å². The monoisotopic (exact) mass is 535 g/mol. The minimum absolute atomic E-state index is 0.0125. The van der Waals surface area contributed by atoms with E-state index in [-0.39, 0.29) is 57.3 Å². The number of hydrogen-bond donors (Lipinski definition) is 3. The number of benzene rings is 2. The first kappa shape index (κ1) is 25.0. The van der Waals surface area contributed by atoms with Crippen LogP contribution in [-0.4, -0.2) is 63.4 Å². The fourth-order valence-electron chi connectivity index (χ4n) is 6.01. The average Bonchev–Trinajstić information content (AvgIpc) is 3.44. The van der Waals surface area contributed by atoms with Crippen LogP contribution in [0.15, 0.2) is 29.1 Å². The maximum absolute atomic E-state index is 16.2. The standard InChI is InChI=1S/C28H24F3N5O3/c1-3-17-19(30)6-5-14-9-16(37)10-18(20(14)17)23-22(31)24-21(26(38)33-23)25(32-2)35-27(34-24)39-13-28-7-4-8-36(28)12-15(29)11-28/h1,5-6,9-10,15,37H,4,7-8,11-13H2,2H3,(H,33,38)(H,32,34,35)/t15-,28+/m1/s1. The van der Waals surface area contributed by atoms with Crippen molar-refractivity contribution in [3.8, 4) is 35.4 Å². The number of pyridine rings is 1. The third kappa shape index (κ3) is 3.94. The van der Waals surface area contributed by atoms with Crippen LogP contribution in [0, 0.1) is 24.0 Å². The summed E-state index contributed by atoms with van der Waals surface area (Å²) in [5, 5.41) is 13.5. The zero-order valence-electron chi connectivity index (χ0n) is 20.9. The minimum atomic E-state index is -0.951. The SMILES string of the molecule is C#Cc1c(F)ccc2cc(O)cc(-c3[nH]c(=O)c4c(NC)nc(OC[C@@]56CCCN5C[C@H](F)C6)nc4c3F)c12. The summed E-state index contributed by atoms with van der Waals surface area (Å²) in [7, 11) is 1.52. The first-order valence-corrected chi connectivity index (χ1v) is 12.5. The van der Waals surface area contributed by atoms with Gasteiger partial charge in [-0.1, -0.05) is 12.0 Å². The Morgan fingerprint density at radius 1 is 1.31 bits per heavy atom. The van der Waals surface area contributed by atoms with Gasteiger partial charge in [-0.15, -0.1) is 6.42 Å². The molecule has 0 radical (unpaired) electrons. The van der Waals surface area contributed by atoms with Crippen molar-refractivity contribution >= 4 is 27.5 Å². The predicted octanol–water partition coefficient (Wildman–Crippen LogP) is 4.10. The van der Waals surface area contributed by atoms with Gasteiger partial charge in [-0.3, -0.25) is 9.69 Å². The number of halogens is 3. The van der Waals surface area contributed by atoms with E-state index in [0.717, 1.165) is 25.5 Å². The van der Waals surface area contributed by atoms with Gasteiger partial charge in [0.1, 0.15) is 41.1 Å². The van der Waals surface area contributed by atoms with Crippen molar-refractivity contribution < 1.29 is 23.0 Å². The number of H-pyrrole nitrogens is 1. The fourth-order valence-corrected chi connectivity index (χ4v) is 6.01. The number of ether oxygens (including phenoxy) is 1. The first-order valence-electron chi connectivity index (χ1n) is 12.5. The van der Waals surface area contributed by atoms with Crippen LogP contribution >= 0.6 is 0 Å². The number of aromatic amines is 1. The zero-order chi connectivity index (χ0) is 27.5. The van der Waals surface area contributed by atoms with Crippen molar-refractivity contribution in [2.45, 2.75) is 31.0 Å². The number of hydrogen-bond acceptors (Lipinski definition) is 7. The zero-order valence-corrected chi connectivity index (χ0v) is 20.9. The maximum atomic E-state index is 16.2. The Bertz CT molecular complexity index is 1750. The van der Waals surface area contributed by atoms with Crippen molar-refractivity contribution in [2.75, 3.05) is 32.1 Å². The number of alkyl halides is 1. The molecule has 2 aromatic heterocycles. The number of fused-ring (bicyclic) bond motifs is 3. The van der Waals surface area contributed by atoms with Gasteiger partial charge >= 0.3 is 6.01 Å². The molecule has 11 heteroatoms. The van der Waals surface area contributed by atoms with Crippen molar-refractivity contribution in [3.05, 3.63) is 51.8 Å². The van der Waals surface area contributed by atoms with E-state index in [0.29, 0.717) is 18.4 Å². The summed E-state index contributed by atoms with van der Waals surface area (Å²) in [6.07, 6.45) is 6.62. The number of nitrogens with one attached hydrogen (secondary N) is 2. The summed E-state index contributed by atoms with van der Waals surface area (Å²) in [5.41, 5.74) is -2.03.